The number of rotatable bonds is 4. The van der Waals surface area contributed by atoms with Gasteiger partial charge in [0.1, 0.15) is 17.3 Å². The van der Waals surface area contributed by atoms with Gasteiger partial charge in [0, 0.05) is 44.6 Å². The van der Waals surface area contributed by atoms with Crippen molar-refractivity contribution in [3.8, 4) is 0 Å². The van der Waals surface area contributed by atoms with E-state index in [1.165, 1.54) is 6.07 Å². The van der Waals surface area contributed by atoms with Crippen molar-refractivity contribution in [2.45, 2.75) is 26.7 Å². The van der Waals surface area contributed by atoms with Crippen LogP contribution < -0.4 is 9.80 Å². The molecule has 1 saturated heterocycles. The second-order valence-electron chi connectivity index (χ2n) is 5.72. The third-order valence-electron chi connectivity index (χ3n) is 4.05. The van der Waals surface area contributed by atoms with Crippen molar-refractivity contribution in [3.05, 3.63) is 35.5 Å². The van der Waals surface area contributed by atoms with E-state index in [9.17, 15) is 8.78 Å². The molecule has 0 aliphatic carbocycles. The summed E-state index contributed by atoms with van der Waals surface area (Å²) in [5, 5.41) is 0. The minimum absolute atomic E-state index is 0.224. The molecular formula is C16H20F2N6. The molecular weight excluding hydrogens is 314 g/mol. The zero-order valence-corrected chi connectivity index (χ0v) is 13.8. The number of anilines is 2. The normalized spacial score (nSPS) is 15.2. The lowest BCUT2D eigenvalue weighted by atomic mass is 10.3. The summed E-state index contributed by atoms with van der Waals surface area (Å²) in [6, 6.07) is 1.37. The number of hydrogen-bond donors (Lipinski definition) is 0. The maximum Gasteiger partial charge on any atom is 0.280 e. The molecule has 0 amide bonds. The van der Waals surface area contributed by atoms with Crippen LogP contribution in [0.5, 0.6) is 0 Å². The molecule has 2 aromatic heterocycles. The summed E-state index contributed by atoms with van der Waals surface area (Å²) >= 11 is 0. The standard InChI is InChI=1S/C16H20F2N6/c1-3-12-9-19-16(20-10-12)24-6-4-23(5-7-24)14-8-13(15(17)18)21-11(2)22-14/h8-10,15H,3-7H2,1-2H3. The highest BCUT2D eigenvalue weighted by molar-refractivity contribution is 5.43. The molecule has 0 spiro atoms. The smallest absolute Gasteiger partial charge is 0.280 e. The van der Waals surface area contributed by atoms with Gasteiger partial charge in [0.25, 0.3) is 6.43 Å². The number of nitrogens with zero attached hydrogens (tertiary/aromatic N) is 6. The first-order chi connectivity index (χ1) is 11.6. The van der Waals surface area contributed by atoms with Crippen LogP contribution in [0.1, 0.15) is 30.4 Å². The Morgan fingerprint density at radius 2 is 1.67 bits per heavy atom. The Morgan fingerprint density at radius 1 is 1.04 bits per heavy atom. The van der Waals surface area contributed by atoms with Crippen LogP contribution in [0.4, 0.5) is 20.5 Å². The predicted molar refractivity (Wildman–Crippen MR) is 87.6 cm³/mol. The van der Waals surface area contributed by atoms with Crippen LogP contribution in [-0.2, 0) is 6.42 Å². The van der Waals surface area contributed by atoms with E-state index in [0.29, 0.717) is 30.7 Å². The van der Waals surface area contributed by atoms with Gasteiger partial charge in [-0.15, -0.1) is 0 Å². The van der Waals surface area contributed by atoms with Crippen LogP contribution in [0.2, 0.25) is 0 Å². The predicted octanol–water partition coefficient (Wildman–Crippen LogP) is 2.40. The number of aryl methyl sites for hydroxylation is 2. The number of piperazine rings is 1. The summed E-state index contributed by atoms with van der Waals surface area (Å²) in [5.41, 5.74) is 0.881. The molecule has 0 N–H and O–H groups in total. The first kappa shape index (κ1) is 16.5. The van der Waals surface area contributed by atoms with Gasteiger partial charge in [0.2, 0.25) is 5.95 Å². The van der Waals surface area contributed by atoms with E-state index in [-0.39, 0.29) is 5.69 Å². The molecule has 1 aliphatic rings. The van der Waals surface area contributed by atoms with E-state index in [4.69, 9.17) is 0 Å². The van der Waals surface area contributed by atoms with Gasteiger partial charge in [-0.25, -0.2) is 28.7 Å². The molecule has 0 saturated carbocycles. The van der Waals surface area contributed by atoms with Gasteiger partial charge < -0.3 is 9.80 Å². The second-order valence-corrected chi connectivity index (χ2v) is 5.72. The largest absolute Gasteiger partial charge is 0.353 e. The maximum atomic E-state index is 12.9. The Morgan fingerprint density at radius 3 is 2.25 bits per heavy atom. The highest BCUT2D eigenvalue weighted by Crippen LogP contribution is 2.22. The SMILES string of the molecule is CCc1cnc(N2CCN(c3cc(C(F)F)nc(C)n3)CC2)nc1. The zero-order valence-electron chi connectivity index (χ0n) is 13.8. The summed E-state index contributed by atoms with van der Waals surface area (Å²) in [7, 11) is 0. The molecule has 2 aromatic rings. The lowest BCUT2D eigenvalue weighted by molar-refractivity contribution is 0.145. The van der Waals surface area contributed by atoms with Crippen molar-refractivity contribution in [1.82, 2.24) is 19.9 Å². The van der Waals surface area contributed by atoms with Crippen molar-refractivity contribution < 1.29 is 8.78 Å². The maximum absolute atomic E-state index is 12.9. The van der Waals surface area contributed by atoms with E-state index < -0.39 is 6.43 Å². The Kier molecular flexibility index (Phi) is 4.82. The molecule has 1 aliphatic heterocycles. The molecule has 3 rings (SSSR count). The van der Waals surface area contributed by atoms with Gasteiger partial charge in [-0.3, -0.25) is 0 Å². The van der Waals surface area contributed by atoms with Crippen LogP contribution in [0.15, 0.2) is 18.5 Å². The van der Waals surface area contributed by atoms with Crippen molar-refractivity contribution in [1.29, 1.82) is 0 Å². The van der Waals surface area contributed by atoms with Crippen LogP contribution in [0, 0.1) is 6.92 Å². The van der Waals surface area contributed by atoms with Crippen LogP contribution in [0.25, 0.3) is 0 Å². The fourth-order valence-electron chi connectivity index (χ4n) is 2.68. The summed E-state index contributed by atoms with van der Waals surface area (Å²) in [4.78, 5) is 21.0. The topological polar surface area (TPSA) is 58.0 Å². The summed E-state index contributed by atoms with van der Waals surface area (Å²) < 4.78 is 25.8. The Labute approximate surface area is 139 Å². The molecule has 3 heterocycles. The van der Waals surface area contributed by atoms with Crippen LogP contribution >= 0.6 is 0 Å². The van der Waals surface area contributed by atoms with Crippen molar-refractivity contribution in [2.24, 2.45) is 0 Å². The zero-order chi connectivity index (χ0) is 17.1. The van der Waals surface area contributed by atoms with Gasteiger partial charge in [0.05, 0.1) is 0 Å². The van der Waals surface area contributed by atoms with E-state index >= 15 is 0 Å². The second kappa shape index (κ2) is 7.02. The van der Waals surface area contributed by atoms with E-state index in [2.05, 4.69) is 31.8 Å². The van der Waals surface area contributed by atoms with Crippen LogP contribution in [-0.4, -0.2) is 46.1 Å². The highest BCUT2D eigenvalue weighted by atomic mass is 19.3. The molecule has 24 heavy (non-hydrogen) atoms. The molecule has 0 atom stereocenters. The third kappa shape index (κ3) is 3.58. The van der Waals surface area contributed by atoms with Crippen molar-refractivity contribution in [3.63, 3.8) is 0 Å². The molecule has 1 fully saturated rings. The van der Waals surface area contributed by atoms with Crippen molar-refractivity contribution >= 4 is 11.8 Å². The Bertz CT molecular complexity index is 683. The summed E-state index contributed by atoms with van der Waals surface area (Å²) in [6.45, 7) is 6.50. The van der Waals surface area contributed by atoms with Crippen molar-refractivity contribution in [2.75, 3.05) is 36.0 Å². The fraction of sp³-hybridized carbons (Fsp3) is 0.500. The Balaban J connectivity index is 1.68. The van der Waals surface area contributed by atoms with Gasteiger partial charge in [-0.05, 0) is 18.9 Å². The molecule has 0 bridgehead atoms. The average molecular weight is 334 g/mol. The minimum Gasteiger partial charge on any atom is -0.353 e. The Hall–Kier alpha value is -2.38. The molecule has 8 heteroatoms. The molecule has 6 nitrogen and oxygen atoms in total. The van der Waals surface area contributed by atoms with Gasteiger partial charge >= 0.3 is 0 Å². The van der Waals surface area contributed by atoms with Gasteiger partial charge in [-0.2, -0.15) is 0 Å². The lowest BCUT2D eigenvalue weighted by Gasteiger charge is -2.35. The van der Waals surface area contributed by atoms with E-state index in [1.54, 1.807) is 6.92 Å². The number of aromatic nitrogens is 4. The van der Waals surface area contributed by atoms with Gasteiger partial charge in [0.15, 0.2) is 0 Å². The summed E-state index contributed by atoms with van der Waals surface area (Å²) in [5.74, 6) is 1.63. The molecule has 128 valence electrons. The number of halogens is 2. The monoisotopic (exact) mass is 334 g/mol. The first-order valence-corrected chi connectivity index (χ1v) is 8.01. The van der Waals surface area contributed by atoms with E-state index in [1.807, 2.05) is 17.3 Å². The minimum atomic E-state index is -2.59. The third-order valence-corrected chi connectivity index (χ3v) is 4.05. The lowest BCUT2D eigenvalue weighted by Crippen LogP contribution is -2.47. The molecule has 0 aromatic carbocycles. The van der Waals surface area contributed by atoms with Gasteiger partial charge in [-0.1, -0.05) is 6.92 Å². The van der Waals surface area contributed by atoms with Crippen LogP contribution in [0.3, 0.4) is 0 Å². The highest BCUT2D eigenvalue weighted by Gasteiger charge is 2.22. The van der Waals surface area contributed by atoms with E-state index in [0.717, 1.165) is 25.1 Å². The quantitative estimate of drug-likeness (QED) is 0.856. The number of hydrogen-bond acceptors (Lipinski definition) is 6. The summed E-state index contributed by atoms with van der Waals surface area (Å²) in [6.07, 6.45) is 2.01. The molecule has 0 unspecified atom stereocenters. The fourth-order valence-corrected chi connectivity index (χ4v) is 2.68. The number of alkyl halides is 2. The average Bonchev–Trinajstić information content (AvgIpc) is 2.61. The molecule has 0 radical (unpaired) electrons. The first-order valence-electron chi connectivity index (χ1n) is 8.01.